The van der Waals surface area contributed by atoms with Crippen molar-refractivity contribution in [3.8, 4) is 0 Å². The Labute approximate surface area is 93.1 Å². The molecule has 6 heteroatoms. The molecule has 0 aromatic carbocycles. The molecule has 2 N–H and O–H groups in total. The molecular weight excluding hydrogens is 210 g/mol. The molecule has 0 saturated carbocycles. The monoisotopic (exact) mass is 225 g/mol. The molecule has 1 aliphatic rings. The summed E-state index contributed by atoms with van der Waals surface area (Å²) in [6.07, 6.45) is 3.31. The van der Waals surface area contributed by atoms with Gasteiger partial charge in [0.2, 0.25) is 0 Å². The molecule has 1 aromatic rings. The van der Waals surface area contributed by atoms with Crippen molar-refractivity contribution < 1.29 is 15.0 Å². The Kier molecular flexibility index (Phi) is 3.21. The SMILES string of the molecule is O=C(O)C1CC(O)CN1CCn1cccn1. The first-order valence-corrected chi connectivity index (χ1v) is 5.29. The Morgan fingerprint density at radius 3 is 2.94 bits per heavy atom. The van der Waals surface area contributed by atoms with Gasteiger partial charge in [-0.05, 0) is 6.07 Å². The number of hydrogen-bond donors (Lipinski definition) is 2. The summed E-state index contributed by atoms with van der Waals surface area (Å²) in [5, 5.41) is 22.5. The second-order valence-corrected chi connectivity index (χ2v) is 4.01. The van der Waals surface area contributed by atoms with Crippen molar-refractivity contribution in [3.05, 3.63) is 18.5 Å². The van der Waals surface area contributed by atoms with Gasteiger partial charge in [-0.2, -0.15) is 5.10 Å². The van der Waals surface area contributed by atoms with Gasteiger partial charge in [0.1, 0.15) is 6.04 Å². The van der Waals surface area contributed by atoms with Crippen molar-refractivity contribution in [2.75, 3.05) is 13.1 Å². The molecule has 1 aromatic heterocycles. The van der Waals surface area contributed by atoms with Gasteiger partial charge in [0.05, 0.1) is 12.6 Å². The van der Waals surface area contributed by atoms with Crippen molar-refractivity contribution in [3.63, 3.8) is 0 Å². The fourth-order valence-corrected chi connectivity index (χ4v) is 2.05. The van der Waals surface area contributed by atoms with Crippen molar-refractivity contribution in [2.24, 2.45) is 0 Å². The average molecular weight is 225 g/mol. The summed E-state index contributed by atoms with van der Waals surface area (Å²) in [4.78, 5) is 12.7. The van der Waals surface area contributed by atoms with Gasteiger partial charge in [0.25, 0.3) is 0 Å². The minimum absolute atomic E-state index is 0.314. The molecular formula is C10H15N3O3. The summed E-state index contributed by atoms with van der Waals surface area (Å²) in [7, 11) is 0. The molecule has 88 valence electrons. The molecule has 2 unspecified atom stereocenters. The number of aliphatic hydroxyl groups is 1. The van der Waals surface area contributed by atoms with Crippen LogP contribution < -0.4 is 0 Å². The highest BCUT2D eigenvalue weighted by molar-refractivity contribution is 5.74. The number of likely N-dealkylation sites (tertiary alicyclic amines) is 1. The van der Waals surface area contributed by atoms with E-state index in [0.717, 1.165) is 0 Å². The maximum absolute atomic E-state index is 10.9. The van der Waals surface area contributed by atoms with Crippen LogP contribution in [0.3, 0.4) is 0 Å². The van der Waals surface area contributed by atoms with Crippen LogP contribution in [0.5, 0.6) is 0 Å². The normalized spacial score (nSPS) is 26.1. The highest BCUT2D eigenvalue weighted by Gasteiger charge is 2.35. The molecule has 0 bridgehead atoms. The van der Waals surface area contributed by atoms with E-state index in [1.807, 2.05) is 12.3 Å². The van der Waals surface area contributed by atoms with E-state index in [1.54, 1.807) is 15.8 Å². The third kappa shape index (κ3) is 2.40. The molecule has 0 radical (unpaired) electrons. The smallest absolute Gasteiger partial charge is 0.321 e. The zero-order chi connectivity index (χ0) is 11.5. The standard InChI is InChI=1S/C10H15N3O3/c14-8-6-9(10(15)16)12(7-8)4-5-13-3-1-2-11-13/h1-3,8-9,14H,4-7H2,(H,15,16). The fourth-order valence-electron chi connectivity index (χ4n) is 2.05. The van der Waals surface area contributed by atoms with Gasteiger partial charge in [-0.15, -0.1) is 0 Å². The third-order valence-electron chi connectivity index (χ3n) is 2.84. The summed E-state index contributed by atoms with van der Waals surface area (Å²) in [5.74, 6) is -0.864. The van der Waals surface area contributed by atoms with Crippen molar-refractivity contribution >= 4 is 5.97 Å². The second kappa shape index (κ2) is 4.63. The van der Waals surface area contributed by atoms with Gasteiger partial charge >= 0.3 is 5.97 Å². The van der Waals surface area contributed by atoms with Crippen LogP contribution in [0.15, 0.2) is 18.5 Å². The number of β-amino-alcohol motifs (C(OH)–C–C–N with tert-alkyl or cyclic N) is 1. The minimum Gasteiger partial charge on any atom is -0.480 e. The van der Waals surface area contributed by atoms with Crippen LogP contribution in [-0.2, 0) is 11.3 Å². The quantitative estimate of drug-likeness (QED) is 0.715. The first-order valence-electron chi connectivity index (χ1n) is 5.29. The zero-order valence-corrected chi connectivity index (χ0v) is 8.86. The lowest BCUT2D eigenvalue weighted by Gasteiger charge is -2.20. The molecule has 2 rings (SSSR count). The van der Waals surface area contributed by atoms with Gasteiger partial charge in [-0.25, -0.2) is 0 Å². The Morgan fingerprint density at radius 1 is 1.50 bits per heavy atom. The van der Waals surface area contributed by atoms with Gasteiger partial charge < -0.3 is 10.2 Å². The molecule has 6 nitrogen and oxygen atoms in total. The summed E-state index contributed by atoms with van der Waals surface area (Å²) in [5.41, 5.74) is 0. The molecule has 1 aliphatic heterocycles. The lowest BCUT2D eigenvalue weighted by Crippen LogP contribution is -2.38. The Balaban J connectivity index is 1.90. The van der Waals surface area contributed by atoms with Crippen molar-refractivity contribution in [1.82, 2.24) is 14.7 Å². The number of aromatic nitrogens is 2. The van der Waals surface area contributed by atoms with E-state index in [1.165, 1.54) is 0 Å². The second-order valence-electron chi connectivity index (χ2n) is 4.01. The number of carboxylic acids is 1. The van der Waals surface area contributed by atoms with Crippen LogP contribution in [0.25, 0.3) is 0 Å². The largest absolute Gasteiger partial charge is 0.480 e. The van der Waals surface area contributed by atoms with Crippen LogP contribution in [0.4, 0.5) is 0 Å². The zero-order valence-electron chi connectivity index (χ0n) is 8.86. The predicted octanol–water partition coefficient (Wildman–Crippen LogP) is -0.597. The van der Waals surface area contributed by atoms with E-state index in [2.05, 4.69) is 5.10 Å². The fraction of sp³-hybridized carbons (Fsp3) is 0.600. The topological polar surface area (TPSA) is 78.6 Å². The molecule has 2 heterocycles. The summed E-state index contributed by atoms with van der Waals surface area (Å²) in [6.45, 7) is 1.66. The van der Waals surface area contributed by atoms with Gasteiger partial charge in [-0.3, -0.25) is 14.4 Å². The lowest BCUT2D eigenvalue weighted by molar-refractivity contribution is -0.142. The number of aliphatic hydroxyl groups excluding tert-OH is 1. The predicted molar refractivity (Wildman–Crippen MR) is 55.8 cm³/mol. The Bertz CT molecular complexity index is 352. The third-order valence-corrected chi connectivity index (χ3v) is 2.84. The summed E-state index contributed by atoms with van der Waals surface area (Å²) < 4.78 is 1.75. The minimum atomic E-state index is -0.864. The Morgan fingerprint density at radius 2 is 2.31 bits per heavy atom. The van der Waals surface area contributed by atoms with E-state index >= 15 is 0 Å². The number of carbonyl (C=O) groups is 1. The van der Waals surface area contributed by atoms with Crippen molar-refractivity contribution in [1.29, 1.82) is 0 Å². The first-order chi connectivity index (χ1) is 7.66. The van der Waals surface area contributed by atoms with Gasteiger partial charge in [0.15, 0.2) is 0 Å². The van der Waals surface area contributed by atoms with E-state index in [-0.39, 0.29) is 0 Å². The van der Waals surface area contributed by atoms with E-state index in [9.17, 15) is 9.90 Å². The number of rotatable bonds is 4. The molecule has 1 saturated heterocycles. The number of aliphatic carboxylic acids is 1. The lowest BCUT2D eigenvalue weighted by atomic mass is 10.2. The highest BCUT2D eigenvalue weighted by atomic mass is 16.4. The van der Waals surface area contributed by atoms with Crippen LogP contribution in [0.1, 0.15) is 6.42 Å². The Hall–Kier alpha value is -1.40. The molecule has 1 fully saturated rings. The van der Waals surface area contributed by atoms with Gasteiger partial charge in [-0.1, -0.05) is 0 Å². The van der Waals surface area contributed by atoms with Crippen LogP contribution in [0, 0.1) is 0 Å². The summed E-state index contributed by atoms with van der Waals surface area (Å²) >= 11 is 0. The molecule has 2 atom stereocenters. The molecule has 0 amide bonds. The molecule has 0 aliphatic carbocycles. The number of carboxylic acid groups (broad SMARTS) is 1. The van der Waals surface area contributed by atoms with Crippen LogP contribution in [-0.4, -0.2) is 56.1 Å². The van der Waals surface area contributed by atoms with Crippen LogP contribution >= 0.6 is 0 Å². The van der Waals surface area contributed by atoms with E-state index in [0.29, 0.717) is 26.1 Å². The van der Waals surface area contributed by atoms with Crippen molar-refractivity contribution in [2.45, 2.75) is 25.1 Å². The maximum Gasteiger partial charge on any atom is 0.321 e. The maximum atomic E-state index is 10.9. The number of nitrogens with zero attached hydrogens (tertiary/aromatic N) is 3. The van der Waals surface area contributed by atoms with Gasteiger partial charge in [0, 0.05) is 31.9 Å². The van der Waals surface area contributed by atoms with Crippen LogP contribution in [0.2, 0.25) is 0 Å². The first kappa shape index (κ1) is 11.1. The average Bonchev–Trinajstić information content (AvgIpc) is 2.83. The number of hydrogen-bond acceptors (Lipinski definition) is 4. The highest BCUT2D eigenvalue weighted by Crippen LogP contribution is 2.17. The molecule has 16 heavy (non-hydrogen) atoms. The van der Waals surface area contributed by atoms with E-state index < -0.39 is 18.1 Å². The molecule has 0 spiro atoms. The summed E-state index contributed by atoms with van der Waals surface area (Å²) in [6, 6.07) is 1.26. The van der Waals surface area contributed by atoms with E-state index in [4.69, 9.17) is 5.11 Å².